The second-order valence-electron chi connectivity index (χ2n) is 5.66. The number of phenolic OH excluding ortho intramolecular Hbond substituents is 1. The highest BCUT2D eigenvalue weighted by Crippen LogP contribution is 2.23. The number of non-ortho nitro benzene ring substituents is 1. The topological polar surface area (TPSA) is 85.0 Å². The largest absolute Gasteiger partial charge is 0.507 e. The summed E-state index contributed by atoms with van der Waals surface area (Å²) in [6, 6.07) is 10.9. The third-order valence-corrected chi connectivity index (χ3v) is 3.68. The van der Waals surface area contributed by atoms with Crippen molar-refractivity contribution >= 4 is 17.6 Å². The number of phenols is 1. The lowest BCUT2D eigenvalue weighted by Crippen LogP contribution is -1.97. The molecule has 2 aromatic carbocycles. The van der Waals surface area contributed by atoms with Crippen LogP contribution in [0.15, 0.2) is 47.5 Å². The Bertz CT molecular complexity index is 727. The predicted octanol–water partition coefficient (Wildman–Crippen LogP) is 5.01. The molecule has 0 amide bonds. The molecule has 0 aliphatic heterocycles. The van der Waals surface area contributed by atoms with Crippen molar-refractivity contribution in [3.05, 3.63) is 58.1 Å². The number of benzene rings is 2. The van der Waals surface area contributed by atoms with E-state index in [-0.39, 0.29) is 11.4 Å². The molecule has 6 heteroatoms. The SMILES string of the molecule is CCCCCCOc1ccc(O)c(C=Nc2ccc([N+](=O)[O-])cc2)c1. The molecule has 25 heavy (non-hydrogen) atoms. The summed E-state index contributed by atoms with van der Waals surface area (Å²) in [7, 11) is 0. The molecule has 0 heterocycles. The van der Waals surface area contributed by atoms with Gasteiger partial charge in [0.05, 0.1) is 17.2 Å². The molecule has 6 nitrogen and oxygen atoms in total. The average molecular weight is 342 g/mol. The lowest BCUT2D eigenvalue weighted by Gasteiger charge is -2.07. The van der Waals surface area contributed by atoms with Crippen LogP contribution in [0, 0.1) is 10.1 Å². The zero-order valence-electron chi connectivity index (χ0n) is 14.2. The Morgan fingerprint density at radius 1 is 1.16 bits per heavy atom. The number of rotatable bonds is 9. The first kappa shape index (κ1) is 18.4. The van der Waals surface area contributed by atoms with Gasteiger partial charge in [-0.1, -0.05) is 26.2 Å². The summed E-state index contributed by atoms with van der Waals surface area (Å²) < 4.78 is 5.69. The van der Waals surface area contributed by atoms with E-state index in [1.807, 2.05) is 0 Å². The quantitative estimate of drug-likeness (QED) is 0.300. The van der Waals surface area contributed by atoms with Crippen LogP contribution in [0.1, 0.15) is 38.2 Å². The standard InChI is InChI=1S/C19H22N2O4/c1-2-3-4-5-12-25-18-10-11-19(22)15(13-18)14-20-16-6-8-17(9-7-16)21(23)24/h6-11,13-14,22H,2-5,12H2,1H3. The lowest BCUT2D eigenvalue weighted by atomic mass is 10.2. The van der Waals surface area contributed by atoms with E-state index in [4.69, 9.17) is 4.74 Å². The highest BCUT2D eigenvalue weighted by molar-refractivity contribution is 5.86. The van der Waals surface area contributed by atoms with E-state index in [0.29, 0.717) is 23.6 Å². The molecule has 2 rings (SSSR count). The molecule has 1 N–H and O–H groups in total. The van der Waals surface area contributed by atoms with Crippen LogP contribution in [0.5, 0.6) is 11.5 Å². The maximum atomic E-state index is 10.6. The van der Waals surface area contributed by atoms with E-state index in [1.54, 1.807) is 30.3 Å². The smallest absolute Gasteiger partial charge is 0.269 e. The molecule has 0 spiro atoms. The van der Waals surface area contributed by atoms with Crippen molar-refractivity contribution in [1.82, 2.24) is 0 Å². The molecular formula is C19H22N2O4. The summed E-state index contributed by atoms with van der Waals surface area (Å²) in [6.45, 7) is 2.81. The molecule has 0 aliphatic rings. The number of hydrogen-bond acceptors (Lipinski definition) is 5. The normalized spacial score (nSPS) is 10.9. The van der Waals surface area contributed by atoms with Crippen molar-refractivity contribution in [2.75, 3.05) is 6.61 Å². The van der Waals surface area contributed by atoms with Gasteiger partial charge in [0, 0.05) is 23.9 Å². The summed E-state index contributed by atoms with van der Waals surface area (Å²) in [5.74, 6) is 0.781. The van der Waals surface area contributed by atoms with Gasteiger partial charge in [-0.25, -0.2) is 0 Å². The molecule has 0 saturated heterocycles. The fourth-order valence-electron chi connectivity index (χ4n) is 2.25. The summed E-state index contributed by atoms with van der Waals surface area (Å²) >= 11 is 0. The second kappa shape index (κ2) is 9.42. The number of nitro benzene ring substituents is 1. The van der Waals surface area contributed by atoms with Crippen LogP contribution in [0.3, 0.4) is 0 Å². The minimum atomic E-state index is -0.458. The van der Waals surface area contributed by atoms with Gasteiger partial charge in [-0.05, 0) is 36.8 Å². The number of hydrogen-bond donors (Lipinski definition) is 1. The van der Waals surface area contributed by atoms with Crippen molar-refractivity contribution in [3.63, 3.8) is 0 Å². The molecule has 0 unspecified atom stereocenters. The van der Waals surface area contributed by atoms with E-state index >= 15 is 0 Å². The summed E-state index contributed by atoms with van der Waals surface area (Å²) in [4.78, 5) is 14.4. The average Bonchev–Trinajstić information content (AvgIpc) is 2.62. The number of nitrogens with zero attached hydrogens (tertiary/aromatic N) is 2. The zero-order valence-corrected chi connectivity index (χ0v) is 14.2. The van der Waals surface area contributed by atoms with Gasteiger partial charge in [-0.3, -0.25) is 15.1 Å². The van der Waals surface area contributed by atoms with Gasteiger partial charge < -0.3 is 9.84 Å². The van der Waals surface area contributed by atoms with Crippen molar-refractivity contribution < 1.29 is 14.8 Å². The Morgan fingerprint density at radius 3 is 2.60 bits per heavy atom. The molecular weight excluding hydrogens is 320 g/mol. The van der Waals surface area contributed by atoms with E-state index < -0.39 is 4.92 Å². The van der Waals surface area contributed by atoms with Gasteiger partial charge in [0.2, 0.25) is 0 Å². The van der Waals surface area contributed by atoms with E-state index in [2.05, 4.69) is 11.9 Å². The number of aromatic hydroxyl groups is 1. The van der Waals surface area contributed by atoms with Crippen LogP contribution >= 0.6 is 0 Å². The summed E-state index contributed by atoms with van der Waals surface area (Å²) in [5, 5.41) is 20.6. The van der Waals surface area contributed by atoms with Crippen LogP contribution in [0.25, 0.3) is 0 Å². The van der Waals surface area contributed by atoms with Gasteiger partial charge in [0.15, 0.2) is 0 Å². The fourth-order valence-corrected chi connectivity index (χ4v) is 2.25. The van der Waals surface area contributed by atoms with E-state index in [0.717, 1.165) is 12.8 Å². The molecule has 2 aromatic rings. The Balaban J connectivity index is 2.00. The van der Waals surface area contributed by atoms with Crippen LogP contribution < -0.4 is 4.74 Å². The molecule has 0 aromatic heterocycles. The Kier molecular flexibility index (Phi) is 6.95. The van der Waals surface area contributed by atoms with Crippen molar-refractivity contribution in [1.29, 1.82) is 0 Å². The highest BCUT2D eigenvalue weighted by Gasteiger charge is 2.04. The van der Waals surface area contributed by atoms with Gasteiger partial charge in [-0.15, -0.1) is 0 Å². The Hall–Kier alpha value is -2.89. The number of aliphatic imine (C=N–C) groups is 1. The minimum Gasteiger partial charge on any atom is -0.507 e. The van der Waals surface area contributed by atoms with Crippen molar-refractivity contribution in [2.24, 2.45) is 4.99 Å². The zero-order chi connectivity index (χ0) is 18.1. The Labute approximate surface area is 146 Å². The second-order valence-corrected chi connectivity index (χ2v) is 5.66. The number of unbranched alkanes of at least 4 members (excludes halogenated alkanes) is 3. The maximum absolute atomic E-state index is 10.6. The summed E-state index contributed by atoms with van der Waals surface area (Å²) in [5.41, 5.74) is 1.11. The van der Waals surface area contributed by atoms with E-state index in [1.165, 1.54) is 31.2 Å². The van der Waals surface area contributed by atoms with Crippen molar-refractivity contribution in [3.8, 4) is 11.5 Å². The van der Waals surface area contributed by atoms with Gasteiger partial charge in [-0.2, -0.15) is 0 Å². The molecule has 0 atom stereocenters. The first-order valence-corrected chi connectivity index (χ1v) is 8.34. The van der Waals surface area contributed by atoms with Crippen LogP contribution in [-0.4, -0.2) is 22.9 Å². The maximum Gasteiger partial charge on any atom is 0.269 e. The number of nitro groups is 1. The van der Waals surface area contributed by atoms with Gasteiger partial charge >= 0.3 is 0 Å². The summed E-state index contributed by atoms with van der Waals surface area (Å²) in [6.07, 6.45) is 6.04. The molecule has 0 fully saturated rings. The molecule has 0 saturated carbocycles. The number of ether oxygens (including phenoxy) is 1. The fraction of sp³-hybridized carbons (Fsp3) is 0.316. The van der Waals surface area contributed by atoms with Crippen LogP contribution in [-0.2, 0) is 0 Å². The van der Waals surface area contributed by atoms with E-state index in [9.17, 15) is 15.2 Å². The van der Waals surface area contributed by atoms with Gasteiger partial charge in [0.25, 0.3) is 5.69 Å². The van der Waals surface area contributed by atoms with Crippen LogP contribution in [0.4, 0.5) is 11.4 Å². The molecule has 0 bridgehead atoms. The Morgan fingerprint density at radius 2 is 1.92 bits per heavy atom. The van der Waals surface area contributed by atoms with Crippen LogP contribution in [0.2, 0.25) is 0 Å². The van der Waals surface area contributed by atoms with Gasteiger partial charge in [0.1, 0.15) is 11.5 Å². The molecule has 0 aliphatic carbocycles. The minimum absolute atomic E-state index is 0.0141. The first-order chi connectivity index (χ1) is 12.1. The molecule has 132 valence electrons. The predicted molar refractivity (Wildman–Crippen MR) is 98.1 cm³/mol. The third-order valence-electron chi connectivity index (χ3n) is 3.68. The monoisotopic (exact) mass is 342 g/mol. The molecule has 0 radical (unpaired) electrons. The highest BCUT2D eigenvalue weighted by atomic mass is 16.6. The first-order valence-electron chi connectivity index (χ1n) is 8.34. The lowest BCUT2D eigenvalue weighted by molar-refractivity contribution is -0.384. The van der Waals surface area contributed by atoms with Crippen molar-refractivity contribution in [2.45, 2.75) is 32.6 Å². The third kappa shape index (κ3) is 5.91.